The molecule has 2 unspecified atom stereocenters. The molecule has 1 amide bonds. The normalized spacial score (nSPS) is 14.5. The molecule has 0 fully saturated rings. The molecule has 0 aliphatic rings. The minimum absolute atomic E-state index is 0.0223. The predicted octanol–water partition coefficient (Wildman–Crippen LogP) is 0.109. The zero-order chi connectivity index (χ0) is 9.56. The van der Waals surface area contributed by atoms with Crippen molar-refractivity contribution in [1.82, 2.24) is 5.32 Å². The smallest absolute Gasteiger partial charge is 0.223 e. The number of nitrogens with one attached hydrogen (secondary N) is 1. The number of carbonyl (C=O) groups excluding carboxylic acids is 1. The maximum atomic E-state index is 11.2. The van der Waals surface area contributed by atoms with E-state index in [9.17, 15) is 4.79 Å². The zero-order valence-electron chi connectivity index (χ0n) is 7.63. The van der Waals surface area contributed by atoms with Crippen molar-refractivity contribution in [3.8, 4) is 12.3 Å². The Morgan fingerprint density at radius 1 is 1.67 bits per heavy atom. The Labute approximate surface area is 73.7 Å². The van der Waals surface area contributed by atoms with Gasteiger partial charge in [0.15, 0.2) is 0 Å². The van der Waals surface area contributed by atoms with E-state index in [1.807, 2.05) is 6.92 Å². The van der Waals surface area contributed by atoms with Crippen molar-refractivity contribution in [3.05, 3.63) is 0 Å². The quantitative estimate of drug-likeness (QED) is 0.585. The van der Waals surface area contributed by atoms with Gasteiger partial charge in [0.2, 0.25) is 5.91 Å². The summed E-state index contributed by atoms with van der Waals surface area (Å²) in [5, 5.41) is 2.68. The average molecular weight is 168 g/mol. The van der Waals surface area contributed by atoms with Crippen LogP contribution < -0.4 is 11.1 Å². The molecule has 3 nitrogen and oxygen atoms in total. The van der Waals surface area contributed by atoms with Gasteiger partial charge in [-0.3, -0.25) is 4.79 Å². The van der Waals surface area contributed by atoms with Crippen molar-refractivity contribution in [1.29, 1.82) is 0 Å². The lowest BCUT2D eigenvalue weighted by atomic mass is 10.1. The largest absolute Gasteiger partial charge is 0.343 e. The van der Waals surface area contributed by atoms with Crippen LogP contribution in [0.2, 0.25) is 0 Å². The van der Waals surface area contributed by atoms with E-state index in [1.165, 1.54) is 0 Å². The summed E-state index contributed by atoms with van der Waals surface area (Å²) in [4.78, 5) is 11.2. The second-order valence-corrected chi connectivity index (χ2v) is 2.88. The van der Waals surface area contributed by atoms with Gasteiger partial charge in [-0.15, -0.1) is 6.42 Å². The van der Waals surface area contributed by atoms with Gasteiger partial charge in [0, 0.05) is 5.92 Å². The number of terminal acetylenes is 1. The lowest BCUT2D eigenvalue weighted by Crippen LogP contribution is -2.36. The van der Waals surface area contributed by atoms with Crippen LogP contribution in [0.15, 0.2) is 0 Å². The fraction of sp³-hybridized carbons (Fsp3) is 0.667. The second-order valence-electron chi connectivity index (χ2n) is 2.88. The summed E-state index contributed by atoms with van der Waals surface area (Å²) in [6.07, 6.45) is 5.80. The van der Waals surface area contributed by atoms with Gasteiger partial charge in [-0.1, -0.05) is 12.8 Å². The number of amides is 1. The van der Waals surface area contributed by atoms with Crippen molar-refractivity contribution in [2.24, 2.45) is 11.7 Å². The molecule has 3 N–H and O–H groups in total. The van der Waals surface area contributed by atoms with Crippen LogP contribution >= 0.6 is 0 Å². The SMILES string of the molecule is C#CC(C)NC(=O)C(C)CCN. The number of rotatable bonds is 4. The second kappa shape index (κ2) is 5.62. The standard InChI is InChI=1S/C9H16N2O/c1-4-8(3)11-9(12)7(2)5-6-10/h1,7-8H,5-6,10H2,2-3H3,(H,11,12). The van der Waals surface area contributed by atoms with Gasteiger partial charge < -0.3 is 11.1 Å². The average Bonchev–Trinajstić information content (AvgIpc) is 2.04. The van der Waals surface area contributed by atoms with E-state index in [4.69, 9.17) is 12.2 Å². The molecule has 0 rings (SSSR count). The Morgan fingerprint density at radius 2 is 2.25 bits per heavy atom. The molecular weight excluding hydrogens is 152 g/mol. The van der Waals surface area contributed by atoms with E-state index in [0.29, 0.717) is 13.0 Å². The van der Waals surface area contributed by atoms with Crippen molar-refractivity contribution in [3.63, 3.8) is 0 Å². The first-order chi connectivity index (χ1) is 5.61. The number of nitrogens with two attached hydrogens (primary N) is 1. The number of hydrogen-bond donors (Lipinski definition) is 2. The minimum Gasteiger partial charge on any atom is -0.343 e. The highest BCUT2D eigenvalue weighted by Crippen LogP contribution is 1.99. The predicted molar refractivity (Wildman–Crippen MR) is 49.3 cm³/mol. The molecule has 0 saturated heterocycles. The van der Waals surface area contributed by atoms with Crippen LogP contribution in [-0.2, 0) is 4.79 Å². The highest BCUT2D eigenvalue weighted by Gasteiger charge is 2.12. The van der Waals surface area contributed by atoms with Crippen LogP contribution in [0.3, 0.4) is 0 Å². The monoisotopic (exact) mass is 168 g/mol. The first-order valence-corrected chi connectivity index (χ1v) is 4.08. The fourth-order valence-electron chi connectivity index (χ4n) is 0.778. The summed E-state index contributed by atoms with van der Waals surface area (Å²) >= 11 is 0. The van der Waals surface area contributed by atoms with Gasteiger partial charge in [0.05, 0.1) is 6.04 Å². The van der Waals surface area contributed by atoms with E-state index in [2.05, 4.69) is 11.2 Å². The molecule has 12 heavy (non-hydrogen) atoms. The molecule has 0 heterocycles. The Morgan fingerprint density at radius 3 is 2.67 bits per heavy atom. The third kappa shape index (κ3) is 3.99. The molecule has 0 aromatic heterocycles. The van der Waals surface area contributed by atoms with E-state index in [-0.39, 0.29) is 17.9 Å². The Bertz CT molecular complexity index is 183. The molecule has 0 bridgehead atoms. The number of hydrogen-bond acceptors (Lipinski definition) is 2. The Balaban J connectivity index is 3.80. The van der Waals surface area contributed by atoms with Crippen LogP contribution in [0.4, 0.5) is 0 Å². The molecule has 0 spiro atoms. The first kappa shape index (κ1) is 11.0. The van der Waals surface area contributed by atoms with Crippen LogP contribution in [0, 0.1) is 18.3 Å². The minimum atomic E-state index is -0.197. The van der Waals surface area contributed by atoms with Crippen LogP contribution in [0.5, 0.6) is 0 Å². The molecule has 3 heteroatoms. The van der Waals surface area contributed by atoms with Crippen LogP contribution in [-0.4, -0.2) is 18.5 Å². The Hall–Kier alpha value is -1.01. The van der Waals surface area contributed by atoms with Crippen molar-refractivity contribution in [2.45, 2.75) is 26.3 Å². The third-order valence-corrected chi connectivity index (χ3v) is 1.66. The summed E-state index contributed by atoms with van der Waals surface area (Å²) in [6.45, 7) is 4.14. The van der Waals surface area contributed by atoms with Gasteiger partial charge in [-0.25, -0.2) is 0 Å². The molecule has 0 aromatic carbocycles. The number of carbonyl (C=O) groups is 1. The maximum Gasteiger partial charge on any atom is 0.223 e. The van der Waals surface area contributed by atoms with Crippen LogP contribution in [0.1, 0.15) is 20.3 Å². The molecule has 0 radical (unpaired) electrons. The van der Waals surface area contributed by atoms with Gasteiger partial charge >= 0.3 is 0 Å². The molecule has 0 saturated carbocycles. The summed E-state index contributed by atoms with van der Waals surface area (Å²) in [5.74, 6) is 2.36. The van der Waals surface area contributed by atoms with E-state index in [0.717, 1.165) is 0 Å². The van der Waals surface area contributed by atoms with Gasteiger partial charge in [0.1, 0.15) is 0 Å². The van der Waals surface area contributed by atoms with Gasteiger partial charge in [-0.2, -0.15) is 0 Å². The third-order valence-electron chi connectivity index (χ3n) is 1.66. The highest BCUT2D eigenvalue weighted by atomic mass is 16.1. The molecule has 0 aliphatic heterocycles. The fourth-order valence-corrected chi connectivity index (χ4v) is 0.778. The molecule has 0 aromatic rings. The molecular formula is C9H16N2O. The lowest BCUT2D eigenvalue weighted by molar-refractivity contribution is -0.124. The highest BCUT2D eigenvalue weighted by molar-refractivity contribution is 5.78. The summed E-state index contributed by atoms with van der Waals surface area (Å²) in [6, 6.07) is -0.197. The van der Waals surface area contributed by atoms with E-state index >= 15 is 0 Å². The van der Waals surface area contributed by atoms with Crippen molar-refractivity contribution in [2.75, 3.05) is 6.54 Å². The maximum absolute atomic E-state index is 11.2. The zero-order valence-corrected chi connectivity index (χ0v) is 7.63. The molecule has 68 valence electrons. The molecule has 0 aliphatic carbocycles. The van der Waals surface area contributed by atoms with Crippen molar-refractivity contribution < 1.29 is 4.79 Å². The molecule has 2 atom stereocenters. The van der Waals surface area contributed by atoms with Gasteiger partial charge in [0.25, 0.3) is 0 Å². The summed E-state index contributed by atoms with van der Waals surface area (Å²) in [5.41, 5.74) is 5.31. The first-order valence-electron chi connectivity index (χ1n) is 4.08. The van der Waals surface area contributed by atoms with Crippen LogP contribution in [0.25, 0.3) is 0 Å². The van der Waals surface area contributed by atoms with E-state index < -0.39 is 0 Å². The topological polar surface area (TPSA) is 55.1 Å². The summed E-state index contributed by atoms with van der Waals surface area (Å²) in [7, 11) is 0. The van der Waals surface area contributed by atoms with E-state index in [1.54, 1.807) is 6.92 Å². The van der Waals surface area contributed by atoms with Gasteiger partial charge in [-0.05, 0) is 19.9 Å². The van der Waals surface area contributed by atoms with Crippen molar-refractivity contribution >= 4 is 5.91 Å². The lowest BCUT2D eigenvalue weighted by Gasteiger charge is -2.12. The Kier molecular flexibility index (Phi) is 5.14. The summed E-state index contributed by atoms with van der Waals surface area (Å²) < 4.78 is 0.